The van der Waals surface area contributed by atoms with Crippen molar-refractivity contribution in [1.82, 2.24) is 4.90 Å². The molecule has 0 aliphatic rings. The molecule has 2 heteroatoms. The normalized spacial score (nSPS) is 11.0. The number of nitrogens with zero attached hydrogens (tertiary/aromatic N) is 1. The number of hydrogen-bond acceptors (Lipinski definition) is 2. The number of aryl methyl sites for hydroxylation is 2. The van der Waals surface area contributed by atoms with Gasteiger partial charge in [-0.25, -0.2) is 0 Å². The molecule has 1 aromatic rings. The molecule has 0 aliphatic heterocycles. The zero-order chi connectivity index (χ0) is 11.3. The predicted molar refractivity (Wildman–Crippen MR) is 64.0 cm³/mol. The van der Waals surface area contributed by atoms with Crippen LogP contribution in [0.1, 0.15) is 23.6 Å². The topological polar surface area (TPSA) is 23.5 Å². The highest BCUT2D eigenvalue weighted by Gasteiger charge is 2.05. The third-order valence-electron chi connectivity index (χ3n) is 2.76. The van der Waals surface area contributed by atoms with Crippen molar-refractivity contribution in [3.8, 4) is 0 Å². The molecule has 2 nitrogen and oxygen atoms in total. The van der Waals surface area contributed by atoms with E-state index in [0.717, 1.165) is 19.6 Å². The molecule has 0 fully saturated rings. The molecular weight excluding hydrogens is 186 g/mol. The van der Waals surface area contributed by atoms with Crippen molar-refractivity contribution < 1.29 is 5.11 Å². The highest BCUT2D eigenvalue weighted by molar-refractivity contribution is 5.30. The van der Waals surface area contributed by atoms with Crippen molar-refractivity contribution in [3.63, 3.8) is 0 Å². The first-order valence-corrected chi connectivity index (χ1v) is 5.56. The maximum Gasteiger partial charge on any atom is 0.0558 e. The Hall–Kier alpha value is -0.860. The summed E-state index contributed by atoms with van der Waals surface area (Å²) in [6.45, 7) is 9.29. The van der Waals surface area contributed by atoms with Gasteiger partial charge < -0.3 is 5.11 Å². The van der Waals surface area contributed by atoms with Crippen molar-refractivity contribution in [2.45, 2.75) is 27.3 Å². The molecule has 1 aromatic carbocycles. The minimum Gasteiger partial charge on any atom is -0.395 e. The highest BCUT2D eigenvalue weighted by Crippen LogP contribution is 2.12. The van der Waals surface area contributed by atoms with E-state index < -0.39 is 0 Å². The molecular formula is C13H21NO. The summed E-state index contributed by atoms with van der Waals surface area (Å²) in [6, 6.07) is 6.54. The lowest BCUT2D eigenvalue weighted by Gasteiger charge is -2.20. The number of aliphatic hydroxyl groups is 1. The molecule has 0 unspecified atom stereocenters. The van der Waals surface area contributed by atoms with Crippen molar-refractivity contribution >= 4 is 0 Å². The van der Waals surface area contributed by atoms with Crippen LogP contribution >= 0.6 is 0 Å². The number of likely N-dealkylation sites (N-methyl/N-ethyl adjacent to an activating group) is 1. The molecule has 0 saturated heterocycles. The van der Waals surface area contributed by atoms with Gasteiger partial charge in [-0.3, -0.25) is 4.90 Å². The lowest BCUT2D eigenvalue weighted by molar-refractivity contribution is 0.196. The lowest BCUT2D eigenvalue weighted by atomic mass is 10.1. The van der Waals surface area contributed by atoms with Crippen LogP contribution in [0.3, 0.4) is 0 Å². The van der Waals surface area contributed by atoms with E-state index >= 15 is 0 Å². The number of hydrogen-bond donors (Lipinski definition) is 1. The third kappa shape index (κ3) is 3.65. The van der Waals surface area contributed by atoms with E-state index in [1.807, 2.05) is 0 Å². The molecule has 0 amide bonds. The molecule has 0 saturated carbocycles. The van der Waals surface area contributed by atoms with E-state index in [1.54, 1.807) is 0 Å². The van der Waals surface area contributed by atoms with Gasteiger partial charge in [0.05, 0.1) is 6.61 Å². The average Bonchev–Trinajstić information content (AvgIpc) is 2.22. The smallest absolute Gasteiger partial charge is 0.0558 e. The average molecular weight is 207 g/mol. The zero-order valence-electron chi connectivity index (χ0n) is 9.95. The van der Waals surface area contributed by atoms with Gasteiger partial charge in [0.1, 0.15) is 0 Å². The zero-order valence-corrected chi connectivity index (χ0v) is 9.95. The van der Waals surface area contributed by atoms with Crippen LogP contribution in [0.15, 0.2) is 18.2 Å². The van der Waals surface area contributed by atoms with Gasteiger partial charge in [-0.15, -0.1) is 0 Å². The maximum atomic E-state index is 8.93. The molecule has 1 N–H and O–H groups in total. The third-order valence-corrected chi connectivity index (χ3v) is 2.76. The van der Waals surface area contributed by atoms with Crippen LogP contribution in [0.5, 0.6) is 0 Å². The van der Waals surface area contributed by atoms with Crippen LogP contribution in [0, 0.1) is 13.8 Å². The van der Waals surface area contributed by atoms with Gasteiger partial charge >= 0.3 is 0 Å². The van der Waals surface area contributed by atoms with E-state index in [1.165, 1.54) is 16.7 Å². The van der Waals surface area contributed by atoms with Crippen LogP contribution < -0.4 is 0 Å². The summed E-state index contributed by atoms with van der Waals surface area (Å²) in [5.41, 5.74) is 4.00. The molecule has 0 aromatic heterocycles. The van der Waals surface area contributed by atoms with E-state index in [0.29, 0.717) is 0 Å². The van der Waals surface area contributed by atoms with Crippen molar-refractivity contribution in [2.75, 3.05) is 19.7 Å². The fourth-order valence-electron chi connectivity index (χ4n) is 1.70. The summed E-state index contributed by atoms with van der Waals surface area (Å²) >= 11 is 0. The van der Waals surface area contributed by atoms with Gasteiger partial charge in [-0.2, -0.15) is 0 Å². The molecule has 0 aliphatic carbocycles. The van der Waals surface area contributed by atoms with Gasteiger partial charge in [0, 0.05) is 13.1 Å². The van der Waals surface area contributed by atoms with Crippen LogP contribution in [0.2, 0.25) is 0 Å². The number of aliphatic hydroxyl groups excluding tert-OH is 1. The Labute approximate surface area is 92.5 Å². The minimum atomic E-state index is 0.235. The van der Waals surface area contributed by atoms with E-state index in [-0.39, 0.29) is 6.61 Å². The molecule has 0 spiro atoms. The second-order valence-corrected chi connectivity index (χ2v) is 4.02. The Bertz CT molecular complexity index is 309. The molecule has 84 valence electrons. The van der Waals surface area contributed by atoms with Crippen LogP contribution in [0.4, 0.5) is 0 Å². The lowest BCUT2D eigenvalue weighted by Crippen LogP contribution is -2.26. The number of rotatable bonds is 5. The van der Waals surface area contributed by atoms with Crippen molar-refractivity contribution in [3.05, 3.63) is 34.9 Å². The largest absolute Gasteiger partial charge is 0.395 e. The van der Waals surface area contributed by atoms with E-state index in [9.17, 15) is 0 Å². The van der Waals surface area contributed by atoms with E-state index in [4.69, 9.17) is 5.11 Å². The Morgan fingerprint density at radius 3 is 2.60 bits per heavy atom. The SMILES string of the molecule is CCN(CCO)Cc1cc(C)ccc1C. The van der Waals surface area contributed by atoms with Crippen LogP contribution in [0.25, 0.3) is 0 Å². The summed E-state index contributed by atoms with van der Waals surface area (Å²) in [4.78, 5) is 2.25. The summed E-state index contributed by atoms with van der Waals surface area (Å²) in [5.74, 6) is 0. The summed E-state index contributed by atoms with van der Waals surface area (Å²) < 4.78 is 0. The molecule has 0 bridgehead atoms. The van der Waals surface area contributed by atoms with Crippen LogP contribution in [-0.4, -0.2) is 29.7 Å². The fourth-order valence-corrected chi connectivity index (χ4v) is 1.70. The maximum absolute atomic E-state index is 8.93. The first-order chi connectivity index (χ1) is 7.17. The predicted octanol–water partition coefficient (Wildman–Crippen LogP) is 2.12. The van der Waals surface area contributed by atoms with Crippen molar-refractivity contribution in [2.24, 2.45) is 0 Å². The number of benzene rings is 1. The van der Waals surface area contributed by atoms with Crippen molar-refractivity contribution in [1.29, 1.82) is 0 Å². The first kappa shape index (κ1) is 12.2. The van der Waals surface area contributed by atoms with Gasteiger partial charge in [0.2, 0.25) is 0 Å². The summed E-state index contributed by atoms with van der Waals surface area (Å²) in [6.07, 6.45) is 0. The fraction of sp³-hybridized carbons (Fsp3) is 0.538. The summed E-state index contributed by atoms with van der Waals surface area (Å²) in [7, 11) is 0. The second kappa shape index (κ2) is 5.89. The Kier molecular flexibility index (Phi) is 4.79. The van der Waals surface area contributed by atoms with E-state index in [2.05, 4.69) is 43.9 Å². The second-order valence-electron chi connectivity index (χ2n) is 4.02. The Morgan fingerprint density at radius 2 is 2.00 bits per heavy atom. The first-order valence-electron chi connectivity index (χ1n) is 5.56. The molecule has 0 atom stereocenters. The molecule has 15 heavy (non-hydrogen) atoms. The Balaban J connectivity index is 2.73. The summed E-state index contributed by atoms with van der Waals surface area (Å²) in [5, 5.41) is 8.93. The van der Waals surface area contributed by atoms with Crippen LogP contribution in [-0.2, 0) is 6.54 Å². The van der Waals surface area contributed by atoms with Gasteiger partial charge in [0.25, 0.3) is 0 Å². The van der Waals surface area contributed by atoms with Gasteiger partial charge in [-0.1, -0.05) is 30.7 Å². The van der Waals surface area contributed by atoms with Gasteiger partial charge in [-0.05, 0) is 31.5 Å². The minimum absolute atomic E-state index is 0.235. The monoisotopic (exact) mass is 207 g/mol. The Morgan fingerprint density at radius 1 is 1.27 bits per heavy atom. The standard InChI is InChI=1S/C13H21NO/c1-4-14(7-8-15)10-13-9-11(2)5-6-12(13)3/h5-6,9,15H,4,7-8,10H2,1-3H3. The quantitative estimate of drug-likeness (QED) is 0.799. The molecule has 0 heterocycles. The molecule has 0 radical (unpaired) electrons. The van der Waals surface area contributed by atoms with Gasteiger partial charge in [0.15, 0.2) is 0 Å². The molecule has 1 rings (SSSR count). The highest BCUT2D eigenvalue weighted by atomic mass is 16.3.